The third kappa shape index (κ3) is 7.51. The van der Waals surface area contributed by atoms with E-state index in [9.17, 15) is 13.2 Å². The fourth-order valence-electron chi connectivity index (χ4n) is 3.00. The van der Waals surface area contributed by atoms with Gasteiger partial charge in [0.1, 0.15) is 5.88 Å². The molecule has 0 atom stereocenters. The van der Waals surface area contributed by atoms with E-state index in [1.807, 2.05) is 19.1 Å². The van der Waals surface area contributed by atoms with Crippen molar-refractivity contribution in [3.63, 3.8) is 0 Å². The van der Waals surface area contributed by atoms with Crippen molar-refractivity contribution >= 4 is 38.9 Å². The predicted octanol–water partition coefficient (Wildman–Crippen LogP) is 4.06. The van der Waals surface area contributed by atoms with E-state index in [2.05, 4.69) is 11.4 Å². The molecule has 31 heavy (non-hydrogen) atoms. The Hall–Kier alpha value is -2.11. The summed E-state index contributed by atoms with van der Waals surface area (Å²) >= 11 is 11.9. The van der Waals surface area contributed by atoms with Crippen molar-refractivity contribution < 1.29 is 13.2 Å². The number of hydrogen-bond acceptors (Lipinski definition) is 5. The van der Waals surface area contributed by atoms with Crippen molar-refractivity contribution in [1.29, 1.82) is 5.26 Å². The third-order valence-corrected chi connectivity index (χ3v) is 7.30. The highest BCUT2D eigenvalue weighted by Crippen LogP contribution is 2.29. The molecule has 9 heteroatoms. The van der Waals surface area contributed by atoms with Crippen molar-refractivity contribution in [2.75, 3.05) is 25.5 Å². The van der Waals surface area contributed by atoms with Gasteiger partial charge in [-0.1, -0.05) is 41.4 Å². The van der Waals surface area contributed by atoms with Crippen LogP contribution in [0.25, 0.3) is 0 Å². The molecule has 166 valence electrons. The fraction of sp³-hybridized carbons (Fsp3) is 0.364. The van der Waals surface area contributed by atoms with Gasteiger partial charge in [-0.05, 0) is 56.1 Å². The molecule has 0 saturated carbocycles. The molecule has 2 aromatic rings. The van der Waals surface area contributed by atoms with Gasteiger partial charge in [-0.15, -0.1) is 0 Å². The van der Waals surface area contributed by atoms with E-state index >= 15 is 0 Å². The second-order valence-corrected chi connectivity index (χ2v) is 9.69. The van der Waals surface area contributed by atoms with Crippen LogP contribution in [0.2, 0.25) is 10.0 Å². The van der Waals surface area contributed by atoms with Gasteiger partial charge in [0.15, 0.2) is 9.84 Å². The Labute approximate surface area is 193 Å². The van der Waals surface area contributed by atoms with Gasteiger partial charge in [0.25, 0.3) is 0 Å². The van der Waals surface area contributed by atoms with Gasteiger partial charge in [-0.25, -0.2) is 8.42 Å². The molecule has 0 aliphatic carbocycles. The van der Waals surface area contributed by atoms with E-state index in [1.54, 1.807) is 17.0 Å². The van der Waals surface area contributed by atoms with Gasteiger partial charge >= 0.3 is 0 Å². The van der Waals surface area contributed by atoms with Crippen molar-refractivity contribution in [1.82, 2.24) is 10.2 Å². The number of amides is 1. The minimum Gasteiger partial charge on any atom is -0.343 e. The van der Waals surface area contributed by atoms with Gasteiger partial charge in [0.2, 0.25) is 5.91 Å². The van der Waals surface area contributed by atoms with E-state index in [-0.39, 0.29) is 26.7 Å². The highest BCUT2D eigenvalue weighted by molar-refractivity contribution is 7.91. The molecule has 0 saturated heterocycles. The molecule has 0 radical (unpaired) electrons. The van der Waals surface area contributed by atoms with Gasteiger partial charge in [0, 0.05) is 19.5 Å². The number of nitrogens with zero attached hydrogens (tertiary/aromatic N) is 2. The first-order valence-electron chi connectivity index (χ1n) is 9.92. The minimum atomic E-state index is -3.62. The van der Waals surface area contributed by atoms with Gasteiger partial charge in [-0.3, -0.25) is 4.79 Å². The summed E-state index contributed by atoms with van der Waals surface area (Å²) in [7, 11) is -3.62. The first-order valence-corrected chi connectivity index (χ1v) is 12.3. The summed E-state index contributed by atoms with van der Waals surface area (Å²) in [5.41, 5.74) is 1.68. The van der Waals surface area contributed by atoms with Gasteiger partial charge in [0.05, 0.1) is 26.6 Å². The van der Waals surface area contributed by atoms with E-state index in [4.69, 9.17) is 28.5 Å². The number of rotatable bonds is 11. The molecule has 0 aliphatic rings. The van der Waals surface area contributed by atoms with Crippen LogP contribution in [0.15, 0.2) is 47.4 Å². The summed E-state index contributed by atoms with van der Waals surface area (Å²) in [5.74, 6) is -0.254. The monoisotopic (exact) mass is 481 g/mol. The lowest BCUT2D eigenvalue weighted by Crippen LogP contribution is -2.33. The van der Waals surface area contributed by atoms with Crippen LogP contribution < -0.4 is 5.32 Å². The summed E-state index contributed by atoms with van der Waals surface area (Å²) < 4.78 is 24.8. The molecule has 2 rings (SSSR count). The maximum atomic E-state index is 12.5. The van der Waals surface area contributed by atoms with E-state index in [0.717, 1.165) is 5.56 Å². The van der Waals surface area contributed by atoms with Crippen LogP contribution in [0.5, 0.6) is 0 Å². The molecule has 0 fully saturated rings. The number of carbonyl (C=O) groups excluding carboxylic acids is 1. The van der Waals surface area contributed by atoms with Crippen LogP contribution in [-0.4, -0.2) is 44.7 Å². The van der Waals surface area contributed by atoms with Gasteiger partial charge in [-0.2, -0.15) is 5.26 Å². The van der Waals surface area contributed by atoms with Crippen LogP contribution in [-0.2, 0) is 21.1 Å². The number of sulfone groups is 1. The van der Waals surface area contributed by atoms with Crippen LogP contribution >= 0.6 is 23.2 Å². The molecule has 1 amide bonds. The normalized spacial score (nSPS) is 11.2. The van der Waals surface area contributed by atoms with Gasteiger partial charge < -0.3 is 10.2 Å². The minimum absolute atomic E-state index is 0.00907. The van der Waals surface area contributed by atoms with E-state index in [0.29, 0.717) is 44.5 Å². The number of likely N-dealkylation sites (N-methyl/N-ethyl adjacent to an activating group) is 1. The summed E-state index contributed by atoms with van der Waals surface area (Å²) in [6.45, 7) is 3.51. The maximum Gasteiger partial charge on any atom is 0.222 e. The molecule has 6 nitrogen and oxygen atoms in total. The zero-order valence-corrected chi connectivity index (χ0v) is 19.6. The number of nitrogens with one attached hydrogen (secondary N) is 1. The largest absolute Gasteiger partial charge is 0.343 e. The number of hydrogen-bond donors (Lipinski definition) is 1. The Kier molecular flexibility index (Phi) is 9.79. The Bertz CT molecular complexity index is 1030. The molecule has 0 aliphatic heterocycles. The maximum absolute atomic E-state index is 12.5. The second-order valence-electron chi connectivity index (χ2n) is 6.95. The van der Waals surface area contributed by atoms with Crippen LogP contribution in [0.1, 0.15) is 30.9 Å². The van der Waals surface area contributed by atoms with Crippen LogP contribution in [0.3, 0.4) is 0 Å². The smallest absolute Gasteiger partial charge is 0.222 e. The zero-order chi connectivity index (χ0) is 22.9. The Balaban J connectivity index is 1.75. The van der Waals surface area contributed by atoms with Crippen molar-refractivity contribution in [3.8, 4) is 6.07 Å². The molecule has 1 N–H and O–H groups in total. The average Bonchev–Trinajstić information content (AvgIpc) is 2.76. The average molecular weight is 482 g/mol. The highest BCUT2D eigenvalue weighted by atomic mass is 35.5. The zero-order valence-electron chi connectivity index (χ0n) is 17.3. The Morgan fingerprint density at radius 3 is 2.52 bits per heavy atom. The number of carbonyl (C=O) groups is 1. The lowest BCUT2D eigenvalue weighted by Gasteiger charge is -2.21. The first kappa shape index (κ1) is 25.2. The van der Waals surface area contributed by atoms with E-state index < -0.39 is 9.84 Å². The van der Waals surface area contributed by atoms with Crippen LogP contribution in [0, 0.1) is 11.3 Å². The summed E-state index contributed by atoms with van der Waals surface area (Å²) in [6, 6.07) is 13.9. The van der Waals surface area contributed by atoms with E-state index in [1.165, 1.54) is 18.2 Å². The molecule has 2 aromatic carbocycles. The fourth-order valence-corrected chi connectivity index (χ4v) is 4.95. The molecular weight excluding hydrogens is 457 g/mol. The highest BCUT2D eigenvalue weighted by Gasteiger charge is 2.19. The number of benzene rings is 2. The standard InChI is InChI=1S/C22H25Cl2N3O3S/c1-2-27(14-12-17-8-10-18(15-25)11-9-17)21(28)7-4-13-26-16-31(29,30)20-6-3-5-19(23)22(20)24/h3,5-6,8-11,26H,2,4,7,12-14,16H2,1H3. The number of halogens is 2. The summed E-state index contributed by atoms with van der Waals surface area (Å²) in [4.78, 5) is 14.2. The summed E-state index contributed by atoms with van der Waals surface area (Å²) in [6.07, 6.45) is 1.55. The molecule has 0 aromatic heterocycles. The lowest BCUT2D eigenvalue weighted by atomic mass is 10.1. The molecule has 0 bridgehead atoms. The lowest BCUT2D eigenvalue weighted by molar-refractivity contribution is -0.131. The summed E-state index contributed by atoms with van der Waals surface area (Å²) in [5, 5.41) is 11.9. The molecule has 0 unspecified atom stereocenters. The van der Waals surface area contributed by atoms with Crippen molar-refractivity contribution in [2.45, 2.75) is 31.1 Å². The first-order chi connectivity index (χ1) is 14.8. The Morgan fingerprint density at radius 1 is 1.16 bits per heavy atom. The Morgan fingerprint density at radius 2 is 1.87 bits per heavy atom. The quantitative estimate of drug-likeness (QED) is 0.488. The second kappa shape index (κ2) is 12.1. The van der Waals surface area contributed by atoms with Crippen molar-refractivity contribution in [3.05, 3.63) is 63.6 Å². The topological polar surface area (TPSA) is 90.3 Å². The molecule has 0 spiro atoms. The number of nitriles is 1. The molecular formula is C22H25Cl2N3O3S. The SMILES string of the molecule is CCN(CCc1ccc(C#N)cc1)C(=O)CCCNCS(=O)(=O)c1cccc(Cl)c1Cl. The third-order valence-electron chi connectivity index (χ3n) is 4.78. The van der Waals surface area contributed by atoms with Crippen LogP contribution in [0.4, 0.5) is 0 Å². The predicted molar refractivity (Wildman–Crippen MR) is 123 cm³/mol. The molecule has 0 heterocycles. The van der Waals surface area contributed by atoms with Crippen molar-refractivity contribution in [2.24, 2.45) is 0 Å².